The van der Waals surface area contributed by atoms with Crippen LogP contribution in [-0.2, 0) is 9.53 Å². The summed E-state index contributed by atoms with van der Waals surface area (Å²) in [6.07, 6.45) is 14.9. The van der Waals surface area contributed by atoms with Crippen LogP contribution in [0.5, 0.6) is 0 Å². The summed E-state index contributed by atoms with van der Waals surface area (Å²) in [6.45, 7) is 2.18. The number of rotatable bonds is 6. The van der Waals surface area contributed by atoms with Crippen molar-refractivity contribution in [3.05, 3.63) is 12.2 Å². The van der Waals surface area contributed by atoms with E-state index in [9.17, 15) is 9.90 Å². The fourth-order valence-corrected chi connectivity index (χ4v) is 3.74. The molecule has 1 N–H and O–H groups in total. The predicted octanol–water partition coefficient (Wildman–Crippen LogP) is 4.14. The monoisotopic (exact) mass is 294 g/mol. The van der Waals surface area contributed by atoms with Gasteiger partial charge in [0.1, 0.15) is 5.60 Å². The summed E-state index contributed by atoms with van der Waals surface area (Å²) >= 11 is 0. The third-order valence-electron chi connectivity index (χ3n) is 4.89. The number of esters is 1. The fourth-order valence-electron chi connectivity index (χ4n) is 3.74. The Hall–Kier alpha value is -0.830. The largest absolute Gasteiger partial charge is 0.459 e. The summed E-state index contributed by atoms with van der Waals surface area (Å²) in [6, 6.07) is 0. The van der Waals surface area contributed by atoms with E-state index in [0.717, 1.165) is 51.4 Å². The lowest BCUT2D eigenvalue weighted by molar-refractivity contribution is -0.172. The first-order valence-electron chi connectivity index (χ1n) is 8.72. The van der Waals surface area contributed by atoms with Crippen molar-refractivity contribution in [2.45, 2.75) is 89.3 Å². The van der Waals surface area contributed by atoms with Crippen molar-refractivity contribution in [2.24, 2.45) is 5.92 Å². The molecule has 1 heterocycles. The number of ether oxygens (including phenoxy) is 1. The highest BCUT2D eigenvalue weighted by molar-refractivity contribution is 5.70. The number of aliphatic hydroxyl groups excluding tert-OH is 1. The molecule has 3 nitrogen and oxygen atoms in total. The molecule has 1 saturated heterocycles. The maximum absolute atomic E-state index is 11.6. The van der Waals surface area contributed by atoms with Crippen LogP contribution >= 0.6 is 0 Å². The molecule has 1 aliphatic heterocycles. The second-order valence-electron chi connectivity index (χ2n) is 6.82. The number of allylic oxidation sites excluding steroid dienone is 1. The standard InChI is InChI=1S/C18H30O3/c1-2-3-4-8-16(19)11-10-15-7-5-12-18(14-15)13-6-9-17(20)21-18/h10-11,15-16,19H,2-9,12-14H2,1H3/b11-10+/t15-,16?,18+/m1/s1. The van der Waals surface area contributed by atoms with E-state index in [0.29, 0.717) is 12.3 Å². The molecule has 1 spiro atoms. The Morgan fingerprint density at radius 3 is 2.95 bits per heavy atom. The van der Waals surface area contributed by atoms with Crippen LogP contribution in [-0.4, -0.2) is 22.8 Å². The molecule has 0 aromatic heterocycles. The molecule has 2 fully saturated rings. The van der Waals surface area contributed by atoms with E-state index >= 15 is 0 Å². The third kappa shape index (κ3) is 5.14. The molecule has 3 heteroatoms. The molecule has 0 aromatic carbocycles. The number of aliphatic hydroxyl groups is 1. The van der Waals surface area contributed by atoms with Crippen molar-refractivity contribution in [3.63, 3.8) is 0 Å². The zero-order chi connectivity index (χ0) is 15.1. The lowest BCUT2D eigenvalue weighted by atomic mass is 9.74. The number of hydrogen-bond donors (Lipinski definition) is 1. The first kappa shape index (κ1) is 16.5. The van der Waals surface area contributed by atoms with Crippen molar-refractivity contribution in [3.8, 4) is 0 Å². The average Bonchev–Trinajstić information content (AvgIpc) is 2.45. The van der Waals surface area contributed by atoms with E-state index in [1.807, 2.05) is 6.08 Å². The van der Waals surface area contributed by atoms with E-state index in [1.165, 1.54) is 12.8 Å². The molecule has 2 rings (SSSR count). The molecule has 21 heavy (non-hydrogen) atoms. The predicted molar refractivity (Wildman–Crippen MR) is 83.9 cm³/mol. The van der Waals surface area contributed by atoms with Crippen molar-refractivity contribution in [1.82, 2.24) is 0 Å². The van der Waals surface area contributed by atoms with Gasteiger partial charge in [-0.2, -0.15) is 0 Å². The van der Waals surface area contributed by atoms with Gasteiger partial charge in [0.25, 0.3) is 0 Å². The van der Waals surface area contributed by atoms with E-state index < -0.39 is 0 Å². The minimum absolute atomic E-state index is 0.0227. The number of unbranched alkanes of at least 4 members (excludes halogenated alkanes) is 2. The van der Waals surface area contributed by atoms with Crippen molar-refractivity contribution in [2.75, 3.05) is 0 Å². The first-order chi connectivity index (χ1) is 10.1. The van der Waals surface area contributed by atoms with Crippen molar-refractivity contribution >= 4 is 5.97 Å². The Kier molecular flexibility index (Phi) is 6.28. The molecule has 2 aliphatic rings. The number of hydrogen-bond acceptors (Lipinski definition) is 3. The highest BCUT2D eigenvalue weighted by Crippen LogP contribution is 2.41. The van der Waals surface area contributed by atoms with Gasteiger partial charge in [-0.25, -0.2) is 0 Å². The topological polar surface area (TPSA) is 46.5 Å². The Morgan fingerprint density at radius 1 is 1.38 bits per heavy atom. The Labute approximate surface area is 128 Å². The van der Waals surface area contributed by atoms with Crippen LogP contribution in [0.1, 0.15) is 77.6 Å². The molecule has 3 atom stereocenters. The van der Waals surface area contributed by atoms with E-state index in [1.54, 1.807) is 0 Å². The Morgan fingerprint density at radius 2 is 2.19 bits per heavy atom. The smallest absolute Gasteiger partial charge is 0.306 e. The van der Waals surface area contributed by atoms with Gasteiger partial charge in [0.2, 0.25) is 0 Å². The summed E-state index contributed by atoms with van der Waals surface area (Å²) in [5.74, 6) is 0.427. The molecule has 1 aliphatic carbocycles. The van der Waals surface area contributed by atoms with Crippen LogP contribution in [0.15, 0.2) is 12.2 Å². The van der Waals surface area contributed by atoms with Crippen LogP contribution in [0.25, 0.3) is 0 Å². The van der Waals surface area contributed by atoms with Gasteiger partial charge in [-0.3, -0.25) is 4.79 Å². The highest BCUT2D eigenvalue weighted by atomic mass is 16.6. The van der Waals surface area contributed by atoms with Crippen molar-refractivity contribution < 1.29 is 14.6 Å². The summed E-state index contributed by atoms with van der Waals surface area (Å²) < 4.78 is 5.70. The zero-order valence-corrected chi connectivity index (χ0v) is 13.4. The van der Waals surface area contributed by atoms with Crippen LogP contribution in [0.4, 0.5) is 0 Å². The lowest BCUT2D eigenvalue weighted by Gasteiger charge is -2.42. The molecule has 1 unspecified atom stereocenters. The second kappa shape index (κ2) is 7.98. The molecule has 0 radical (unpaired) electrons. The van der Waals surface area contributed by atoms with Gasteiger partial charge >= 0.3 is 5.97 Å². The summed E-state index contributed by atoms with van der Waals surface area (Å²) in [4.78, 5) is 11.6. The molecule has 120 valence electrons. The Bertz CT molecular complexity index is 359. The highest BCUT2D eigenvalue weighted by Gasteiger charge is 2.40. The minimum Gasteiger partial charge on any atom is -0.459 e. The molecular formula is C18H30O3. The summed E-state index contributed by atoms with van der Waals surface area (Å²) in [5, 5.41) is 9.98. The average molecular weight is 294 g/mol. The van der Waals surface area contributed by atoms with Gasteiger partial charge in [-0.15, -0.1) is 0 Å². The van der Waals surface area contributed by atoms with Crippen LogP contribution in [0.2, 0.25) is 0 Å². The second-order valence-corrected chi connectivity index (χ2v) is 6.82. The fraction of sp³-hybridized carbons (Fsp3) is 0.833. The van der Waals surface area contributed by atoms with Gasteiger partial charge in [0.05, 0.1) is 6.10 Å². The zero-order valence-electron chi connectivity index (χ0n) is 13.4. The lowest BCUT2D eigenvalue weighted by Crippen LogP contribution is -2.42. The van der Waals surface area contributed by atoms with Gasteiger partial charge in [-0.05, 0) is 50.9 Å². The Balaban J connectivity index is 1.82. The molecule has 0 aromatic rings. The SMILES string of the molecule is CCCCCC(O)/C=C/[C@H]1CCC[C@]2(CCCC(=O)O2)C1. The normalized spacial score (nSPS) is 31.5. The van der Waals surface area contributed by atoms with Gasteiger partial charge in [-0.1, -0.05) is 38.3 Å². The first-order valence-corrected chi connectivity index (χ1v) is 8.72. The molecule has 0 amide bonds. The maximum atomic E-state index is 11.6. The minimum atomic E-state index is -0.316. The van der Waals surface area contributed by atoms with E-state index in [4.69, 9.17) is 4.74 Å². The molecular weight excluding hydrogens is 264 g/mol. The van der Waals surface area contributed by atoms with Gasteiger partial charge < -0.3 is 9.84 Å². The molecule has 1 saturated carbocycles. The van der Waals surface area contributed by atoms with Crippen LogP contribution in [0.3, 0.4) is 0 Å². The number of carbonyl (C=O) groups excluding carboxylic acids is 1. The maximum Gasteiger partial charge on any atom is 0.306 e. The van der Waals surface area contributed by atoms with Crippen LogP contribution in [0, 0.1) is 5.92 Å². The summed E-state index contributed by atoms with van der Waals surface area (Å²) in [5.41, 5.74) is -0.199. The third-order valence-corrected chi connectivity index (χ3v) is 4.89. The van der Waals surface area contributed by atoms with Gasteiger partial charge in [0.15, 0.2) is 0 Å². The summed E-state index contributed by atoms with van der Waals surface area (Å²) in [7, 11) is 0. The number of carbonyl (C=O) groups is 1. The molecule has 0 bridgehead atoms. The van der Waals surface area contributed by atoms with Crippen molar-refractivity contribution in [1.29, 1.82) is 0 Å². The van der Waals surface area contributed by atoms with Crippen LogP contribution < -0.4 is 0 Å². The van der Waals surface area contributed by atoms with E-state index in [2.05, 4.69) is 13.0 Å². The van der Waals surface area contributed by atoms with Gasteiger partial charge in [0, 0.05) is 6.42 Å². The van der Waals surface area contributed by atoms with E-state index in [-0.39, 0.29) is 17.7 Å². The quantitative estimate of drug-likeness (QED) is 0.455.